The summed E-state index contributed by atoms with van der Waals surface area (Å²) in [5, 5.41) is 18.9. The molecule has 0 atom stereocenters. The molecule has 7 heteroatoms. The van der Waals surface area contributed by atoms with Crippen molar-refractivity contribution in [3.63, 3.8) is 0 Å². The first-order valence-electron chi connectivity index (χ1n) is 7.59. The van der Waals surface area contributed by atoms with Crippen molar-refractivity contribution in [1.82, 2.24) is 15.2 Å². The lowest BCUT2D eigenvalue weighted by Crippen LogP contribution is -2.05. The predicted octanol–water partition coefficient (Wildman–Crippen LogP) is 4.48. The monoisotopic (exact) mass is 375 g/mol. The number of ether oxygens (including phenoxy) is 1. The second-order valence-corrected chi connectivity index (χ2v) is 6.31. The van der Waals surface area contributed by atoms with Crippen LogP contribution in [0.5, 0.6) is 11.8 Å². The van der Waals surface area contributed by atoms with Crippen LogP contribution in [0.1, 0.15) is 11.1 Å². The quantitative estimate of drug-likeness (QED) is 0.711. The molecule has 3 rings (SSSR count). The summed E-state index contributed by atoms with van der Waals surface area (Å²) in [6.07, 6.45) is 2.20. The number of phenolic OH excluding ortho intramolecular Hbond substituents is 1. The van der Waals surface area contributed by atoms with E-state index in [1.807, 2.05) is 19.1 Å². The van der Waals surface area contributed by atoms with Gasteiger partial charge in [0.1, 0.15) is 11.4 Å². The zero-order chi connectivity index (χ0) is 17.8. The molecular weight excluding hydrogens is 361 g/mol. The van der Waals surface area contributed by atoms with E-state index in [0.29, 0.717) is 28.8 Å². The van der Waals surface area contributed by atoms with E-state index >= 15 is 0 Å². The van der Waals surface area contributed by atoms with E-state index in [9.17, 15) is 5.11 Å². The molecule has 1 aromatic heterocycles. The fourth-order valence-electron chi connectivity index (χ4n) is 2.25. The first-order valence-corrected chi connectivity index (χ1v) is 8.35. The fraction of sp³-hybridized carbons (Fsp3) is 0.167. The summed E-state index contributed by atoms with van der Waals surface area (Å²) in [7, 11) is 0. The number of rotatable bonds is 5. The zero-order valence-electron chi connectivity index (χ0n) is 13.4. The highest BCUT2D eigenvalue weighted by molar-refractivity contribution is 6.35. The van der Waals surface area contributed by atoms with E-state index in [2.05, 4.69) is 15.2 Å². The van der Waals surface area contributed by atoms with Crippen molar-refractivity contribution in [3.05, 3.63) is 63.8 Å². The number of nitrogens with zero attached hydrogens (tertiary/aromatic N) is 3. The van der Waals surface area contributed by atoms with Crippen LogP contribution in [0.25, 0.3) is 11.3 Å². The van der Waals surface area contributed by atoms with E-state index < -0.39 is 0 Å². The molecule has 0 aliphatic carbocycles. The summed E-state index contributed by atoms with van der Waals surface area (Å²) in [6.45, 7) is 2.19. The Kier molecular flexibility index (Phi) is 5.36. The molecule has 128 valence electrons. The van der Waals surface area contributed by atoms with Gasteiger partial charge in [0.15, 0.2) is 0 Å². The highest BCUT2D eigenvalue weighted by Gasteiger charge is 2.06. The Balaban J connectivity index is 1.61. The molecule has 0 amide bonds. The van der Waals surface area contributed by atoms with Crippen LogP contribution >= 0.6 is 23.2 Å². The third-order valence-corrected chi connectivity index (χ3v) is 4.24. The number of aryl methyl sites for hydroxylation is 1. The van der Waals surface area contributed by atoms with Crippen LogP contribution in [0.3, 0.4) is 0 Å². The number of hydrogen-bond acceptors (Lipinski definition) is 5. The van der Waals surface area contributed by atoms with Gasteiger partial charge < -0.3 is 9.84 Å². The van der Waals surface area contributed by atoms with Gasteiger partial charge in [-0.2, -0.15) is 0 Å². The molecule has 0 aliphatic rings. The van der Waals surface area contributed by atoms with E-state index in [4.69, 9.17) is 27.9 Å². The third-order valence-electron chi connectivity index (χ3n) is 3.65. The standard InChI is InChI=1S/C18H15Cl2N3O2/c1-11-8-13(3-5-17(11)24)16-10-21-18(23-22-16)25-7-6-12-2-4-14(19)9-15(12)20/h2-5,8-10,24H,6-7H2,1H3. The van der Waals surface area contributed by atoms with Gasteiger partial charge in [-0.3, -0.25) is 0 Å². The Morgan fingerprint density at radius 3 is 2.60 bits per heavy atom. The van der Waals surface area contributed by atoms with Crippen molar-refractivity contribution in [1.29, 1.82) is 0 Å². The smallest absolute Gasteiger partial charge is 0.335 e. The summed E-state index contributed by atoms with van der Waals surface area (Å²) >= 11 is 12.0. The molecule has 0 fully saturated rings. The maximum absolute atomic E-state index is 9.57. The molecule has 3 aromatic rings. The average molecular weight is 376 g/mol. The average Bonchev–Trinajstić information content (AvgIpc) is 2.60. The molecule has 1 N–H and O–H groups in total. The number of phenols is 1. The van der Waals surface area contributed by atoms with Crippen molar-refractivity contribution < 1.29 is 9.84 Å². The second kappa shape index (κ2) is 7.68. The topological polar surface area (TPSA) is 68.1 Å². The highest BCUT2D eigenvalue weighted by Crippen LogP contribution is 2.24. The van der Waals surface area contributed by atoms with Crippen LogP contribution in [-0.4, -0.2) is 26.9 Å². The van der Waals surface area contributed by atoms with E-state index in [0.717, 1.165) is 16.7 Å². The van der Waals surface area contributed by atoms with Crippen molar-refractivity contribution in [2.45, 2.75) is 13.3 Å². The minimum atomic E-state index is 0.198. The number of hydrogen-bond donors (Lipinski definition) is 1. The van der Waals surface area contributed by atoms with Gasteiger partial charge in [-0.05, 0) is 48.4 Å². The van der Waals surface area contributed by atoms with Gasteiger partial charge in [-0.25, -0.2) is 4.98 Å². The molecule has 0 saturated carbocycles. The Morgan fingerprint density at radius 2 is 1.92 bits per heavy atom. The Hall–Kier alpha value is -2.37. The van der Waals surface area contributed by atoms with E-state index in [-0.39, 0.29) is 11.8 Å². The maximum atomic E-state index is 9.57. The van der Waals surface area contributed by atoms with E-state index in [1.54, 1.807) is 30.5 Å². The molecular formula is C18H15Cl2N3O2. The first-order chi connectivity index (χ1) is 12.0. The largest absolute Gasteiger partial charge is 0.508 e. The molecule has 2 aromatic carbocycles. The lowest BCUT2D eigenvalue weighted by Gasteiger charge is -2.07. The second-order valence-electron chi connectivity index (χ2n) is 5.46. The van der Waals surface area contributed by atoms with Gasteiger partial charge in [0, 0.05) is 22.0 Å². The number of aromatic nitrogens is 3. The van der Waals surface area contributed by atoms with Gasteiger partial charge in [-0.1, -0.05) is 34.4 Å². The third kappa shape index (κ3) is 4.38. The fourth-order valence-corrected chi connectivity index (χ4v) is 2.76. The molecule has 25 heavy (non-hydrogen) atoms. The van der Waals surface area contributed by atoms with Crippen molar-refractivity contribution in [2.24, 2.45) is 0 Å². The Morgan fingerprint density at radius 1 is 1.08 bits per heavy atom. The zero-order valence-corrected chi connectivity index (χ0v) is 14.9. The first kappa shape index (κ1) is 17.5. The minimum Gasteiger partial charge on any atom is -0.508 e. The molecule has 0 bridgehead atoms. The lowest BCUT2D eigenvalue weighted by molar-refractivity contribution is 0.292. The van der Waals surface area contributed by atoms with Crippen LogP contribution in [-0.2, 0) is 6.42 Å². The van der Waals surface area contributed by atoms with Crippen LogP contribution < -0.4 is 4.74 Å². The van der Waals surface area contributed by atoms with Gasteiger partial charge in [0.2, 0.25) is 0 Å². The molecule has 1 heterocycles. The summed E-state index contributed by atoms with van der Waals surface area (Å²) in [5.74, 6) is 0.241. The summed E-state index contributed by atoms with van der Waals surface area (Å²) < 4.78 is 5.51. The summed E-state index contributed by atoms with van der Waals surface area (Å²) in [4.78, 5) is 4.16. The Bertz CT molecular complexity index is 886. The SMILES string of the molecule is Cc1cc(-c2cnc(OCCc3ccc(Cl)cc3Cl)nn2)ccc1O. The number of halogens is 2. The van der Waals surface area contributed by atoms with Crippen LogP contribution in [0.4, 0.5) is 0 Å². The molecule has 0 spiro atoms. The van der Waals surface area contributed by atoms with Crippen molar-refractivity contribution in [2.75, 3.05) is 6.61 Å². The van der Waals surface area contributed by atoms with Crippen molar-refractivity contribution in [3.8, 4) is 23.0 Å². The summed E-state index contributed by atoms with van der Waals surface area (Å²) in [5.41, 5.74) is 3.14. The normalized spacial score (nSPS) is 10.7. The highest BCUT2D eigenvalue weighted by atomic mass is 35.5. The van der Waals surface area contributed by atoms with Gasteiger partial charge in [0.25, 0.3) is 0 Å². The van der Waals surface area contributed by atoms with Crippen molar-refractivity contribution >= 4 is 23.2 Å². The van der Waals surface area contributed by atoms with Gasteiger partial charge >= 0.3 is 6.01 Å². The predicted molar refractivity (Wildman–Crippen MR) is 97.3 cm³/mol. The lowest BCUT2D eigenvalue weighted by atomic mass is 10.1. The maximum Gasteiger partial charge on any atom is 0.335 e. The van der Waals surface area contributed by atoms with Crippen LogP contribution in [0.15, 0.2) is 42.6 Å². The molecule has 0 aliphatic heterocycles. The van der Waals surface area contributed by atoms with Gasteiger partial charge in [0.05, 0.1) is 12.8 Å². The Labute approximate surface area is 155 Å². The number of benzene rings is 2. The number of aromatic hydroxyl groups is 1. The minimum absolute atomic E-state index is 0.198. The summed E-state index contributed by atoms with van der Waals surface area (Å²) in [6, 6.07) is 10.8. The van der Waals surface area contributed by atoms with Crippen LogP contribution in [0.2, 0.25) is 10.0 Å². The molecule has 0 saturated heterocycles. The molecule has 0 unspecified atom stereocenters. The van der Waals surface area contributed by atoms with Crippen LogP contribution in [0, 0.1) is 6.92 Å². The molecule has 0 radical (unpaired) electrons. The molecule has 5 nitrogen and oxygen atoms in total. The van der Waals surface area contributed by atoms with E-state index in [1.165, 1.54) is 0 Å². The van der Waals surface area contributed by atoms with Gasteiger partial charge in [-0.15, -0.1) is 5.10 Å².